The highest BCUT2D eigenvalue weighted by molar-refractivity contribution is 5.81. The molecule has 6 heteroatoms. The van der Waals surface area contributed by atoms with E-state index in [9.17, 15) is 9.59 Å². The first kappa shape index (κ1) is 9.79. The van der Waals surface area contributed by atoms with Gasteiger partial charge in [0.1, 0.15) is 6.54 Å². The Morgan fingerprint density at radius 2 is 1.92 bits per heavy atom. The fourth-order valence-corrected chi connectivity index (χ4v) is 1.28. The van der Waals surface area contributed by atoms with Crippen LogP contribution >= 0.6 is 0 Å². The predicted octanol–water partition coefficient (Wildman–Crippen LogP) is -0.538. The number of nitrogens with zero attached hydrogens (tertiary/aromatic N) is 2. The van der Waals surface area contributed by atoms with Gasteiger partial charge in [-0.05, 0) is 12.8 Å². The smallest absolute Gasteiger partial charge is 0.422 e. The fourth-order valence-electron chi connectivity index (χ4n) is 1.28. The predicted molar refractivity (Wildman–Crippen MR) is 44.7 cm³/mol. The van der Waals surface area contributed by atoms with Crippen LogP contribution in [0.2, 0.25) is 0 Å². The fraction of sp³-hybridized carbons (Fsp3) is 0.714. The number of carbonyl (C=O) groups excluding carboxylic acids is 1. The van der Waals surface area contributed by atoms with Crippen LogP contribution in [-0.2, 0) is 4.79 Å². The van der Waals surface area contributed by atoms with Gasteiger partial charge in [-0.2, -0.15) is 0 Å². The topological polar surface area (TPSA) is 86.9 Å². The Morgan fingerprint density at radius 3 is 2.38 bits per heavy atom. The average molecular weight is 187 g/mol. The summed E-state index contributed by atoms with van der Waals surface area (Å²) in [5, 5.41) is 8.90. The van der Waals surface area contributed by atoms with Crippen LogP contribution in [0.15, 0.2) is 0 Å². The Bertz CT molecular complexity index is 213. The summed E-state index contributed by atoms with van der Waals surface area (Å²) in [5.74, 6) is 4.85. The summed E-state index contributed by atoms with van der Waals surface area (Å²) >= 11 is 0. The summed E-state index contributed by atoms with van der Waals surface area (Å²) < 4.78 is 0. The molecular weight excluding hydrogens is 174 g/mol. The number of nitrogens with two attached hydrogens (primary N) is 1. The molecule has 1 aliphatic heterocycles. The van der Waals surface area contributed by atoms with E-state index in [1.165, 1.54) is 0 Å². The van der Waals surface area contributed by atoms with Gasteiger partial charge in [0, 0.05) is 13.1 Å². The van der Waals surface area contributed by atoms with Gasteiger partial charge in [-0.15, -0.1) is 0 Å². The van der Waals surface area contributed by atoms with E-state index in [2.05, 4.69) is 0 Å². The van der Waals surface area contributed by atoms with Crippen molar-refractivity contribution in [3.05, 3.63) is 0 Å². The van der Waals surface area contributed by atoms with Crippen LogP contribution in [0.5, 0.6) is 0 Å². The monoisotopic (exact) mass is 187 g/mol. The highest BCUT2D eigenvalue weighted by atomic mass is 16.4. The number of hydrogen-bond donors (Lipinski definition) is 2. The van der Waals surface area contributed by atoms with Crippen molar-refractivity contribution in [3.8, 4) is 0 Å². The standard InChI is InChI=1S/C7H13N3O3/c8-10(7(12)13)5-6(11)9-3-1-2-4-9/h1-5,8H2,(H,12,13). The molecule has 0 saturated carbocycles. The van der Waals surface area contributed by atoms with Crippen LogP contribution in [0.25, 0.3) is 0 Å². The summed E-state index contributed by atoms with van der Waals surface area (Å²) in [7, 11) is 0. The van der Waals surface area contributed by atoms with Gasteiger partial charge < -0.3 is 10.0 Å². The third-order valence-electron chi connectivity index (χ3n) is 2.01. The van der Waals surface area contributed by atoms with E-state index in [0.717, 1.165) is 12.8 Å². The van der Waals surface area contributed by atoms with Crippen molar-refractivity contribution in [2.75, 3.05) is 19.6 Å². The van der Waals surface area contributed by atoms with E-state index in [4.69, 9.17) is 10.9 Å². The van der Waals surface area contributed by atoms with E-state index < -0.39 is 6.09 Å². The molecule has 0 bridgehead atoms. The lowest BCUT2D eigenvalue weighted by Gasteiger charge is -2.18. The van der Waals surface area contributed by atoms with Crippen molar-refractivity contribution in [2.24, 2.45) is 5.84 Å². The first-order valence-corrected chi connectivity index (χ1v) is 4.14. The second-order valence-corrected chi connectivity index (χ2v) is 3.00. The summed E-state index contributed by atoms with van der Waals surface area (Å²) in [6.07, 6.45) is 0.694. The van der Waals surface area contributed by atoms with Crippen molar-refractivity contribution in [3.63, 3.8) is 0 Å². The quantitative estimate of drug-likeness (QED) is 0.345. The molecule has 13 heavy (non-hydrogen) atoms. The third-order valence-corrected chi connectivity index (χ3v) is 2.01. The van der Waals surface area contributed by atoms with Crippen molar-refractivity contribution in [1.82, 2.24) is 9.91 Å². The van der Waals surface area contributed by atoms with Gasteiger partial charge in [-0.3, -0.25) is 4.79 Å². The highest BCUT2D eigenvalue weighted by Crippen LogP contribution is 2.07. The molecule has 0 atom stereocenters. The van der Waals surface area contributed by atoms with Crippen molar-refractivity contribution >= 4 is 12.0 Å². The molecule has 1 saturated heterocycles. The number of hydrogen-bond acceptors (Lipinski definition) is 3. The molecule has 1 fully saturated rings. The van der Waals surface area contributed by atoms with Crippen LogP contribution in [-0.4, -0.2) is 46.7 Å². The number of amides is 2. The van der Waals surface area contributed by atoms with E-state index in [-0.39, 0.29) is 12.5 Å². The molecule has 1 aliphatic rings. The molecular formula is C7H13N3O3. The molecule has 1 rings (SSSR count). The Kier molecular flexibility index (Phi) is 3.07. The molecule has 0 unspecified atom stereocenters. The summed E-state index contributed by atoms with van der Waals surface area (Å²) in [6.45, 7) is 1.17. The molecule has 0 aliphatic carbocycles. The van der Waals surface area contributed by atoms with Crippen molar-refractivity contribution in [1.29, 1.82) is 0 Å². The van der Waals surface area contributed by atoms with Crippen LogP contribution in [0, 0.1) is 0 Å². The molecule has 74 valence electrons. The zero-order valence-electron chi connectivity index (χ0n) is 7.27. The minimum Gasteiger partial charge on any atom is -0.464 e. The molecule has 0 radical (unpaired) electrons. The molecule has 0 spiro atoms. The average Bonchev–Trinajstić information content (AvgIpc) is 2.55. The molecule has 0 aromatic heterocycles. The normalized spacial score (nSPS) is 15.9. The molecule has 0 aromatic carbocycles. The highest BCUT2D eigenvalue weighted by Gasteiger charge is 2.20. The number of carbonyl (C=O) groups is 2. The van der Waals surface area contributed by atoms with E-state index in [1.807, 2.05) is 0 Å². The van der Waals surface area contributed by atoms with E-state index >= 15 is 0 Å². The zero-order chi connectivity index (χ0) is 9.84. The first-order chi connectivity index (χ1) is 6.11. The van der Waals surface area contributed by atoms with Crippen molar-refractivity contribution < 1.29 is 14.7 Å². The lowest BCUT2D eigenvalue weighted by atomic mass is 10.4. The van der Waals surface area contributed by atoms with Gasteiger partial charge >= 0.3 is 6.09 Å². The SMILES string of the molecule is NN(CC(=O)N1CCCC1)C(=O)O. The maximum Gasteiger partial charge on any atom is 0.422 e. The number of likely N-dealkylation sites (tertiary alicyclic amines) is 1. The summed E-state index contributed by atoms with van der Waals surface area (Å²) in [4.78, 5) is 23.2. The molecule has 3 N–H and O–H groups in total. The summed E-state index contributed by atoms with van der Waals surface area (Å²) in [5.41, 5.74) is 0. The largest absolute Gasteiger partial charge is 0.464 e. The van der Waals surface area contributed by atoms with Crippen LogP contribution < -0.4 is 5.84 Å². The molecule has 2 amide bonds. The minimum absolute atomic E-state index is 0.220. The van der Waals surface area contributed by atoms with Gasteiger partial charge in [0.05, 0.1) is 0 Å². The Hall–Kier alpha value is -1.30. The zero-order valence-corrected chi connectivity index (χ0v) is 7.27. The summed E-state index contributed by atoms with van der Waals surface area (Å²) in [6, 6.07) is 0. The van der Waals surface area contributed by atoms with Gasteiger partial charge in [0.2, 0.25) is 5.91 Å². The van der Waals surface area contributed by atoms with Crippen LogP contribution in [0.3, 0.4) is 0 Å². The Labute approximate surface area is 75.9 Å². The van der Waals surface area contributed by atoms with Gasteiger partial charge in [0.15, 0.2) is 0 Å². The van der Waals surface area contributed by atoms with Crippen molar-refractivity contribution in [2.45, 2.75) is 12.8 Å². The maximum atomic E-state index is 11.3. The molecule has 6 nitrogen and oxygen atoms in total. The first-order valence-electron chi connectivity index (χ1n) is 4.14. The number of carboxylic acid groups (broad SMARTS) is 1. The minimum atomic E-state index is -1.28. The molecule has 0 aromatic rings. The van der Waals surface area contributed by atoms with E-state index in [0.29, 0.717) is 18.1 Å². The Morgan fingerprint density at radius 1 is 1.38 bits per heavy atom. The number of rotatable bonds is 2. The second kappa shape index (κ2) is 4.08. The van der Waals surface area contributed by atoms with Crippen LogP contribution in [0.4, 0.5) is 4.79 Å². The lowest BCUT2D eigenvalue weighted by molar-refractivity contribution is -0.131. The Balaban J connectivity index is 2.35. The maximum absolute atomic E-state index is 11.3. The third kappa shape index (κ3) is 2.59. The van der Waals surface area contributed by atoms with Gasteiger partial charge in [-0.1, -0.05) is 0 Å². The van der Waals surface area contributed by atoms with Gasteiger partial charge in [0.25, 0.3) is 0 Å². The number of hydrazine groups is 1. The van der Waals surface area contributed by atoms with E-state index in [1.54, 1.807) is 4.90 Å². The van der Waals surface area contributed by atoms with Gasteiger partial charge in [-0.25, -0.2) is 15.6 Å². The lowest BCUT2D eigenvalue weighted by Crippen LogP contribution is -2.45. The van der Waals surface area contributed by atoms with Crippen LogP contribution in [0.1, 0.15) is 12.8 Å². The second-order valence-electron chi connectivity index (χ2n) is 3.00. The molecule has 1 heterocycles.